The number of hydrogen-bond acceptors (Lipinski definition) is 6. The Morgan fingerprint density at radius 3 is 2.33 bits per heavy atom. The van der Waals surface area contributed by atoms with Crippen molar-refractivity contribution in [3.8, 4) is 0 Å². The van der Waals surface area contributed by atoms with Crippen molar-refractivity contribution >= 4 is 23.7 Å². The highest BCUT2D eigenvalue weighted by atomic mass is 16.7. The fourth-order valence-corrected chi connectivity index (χ4v) is 4.90. The summed E-state index contributed by atoms with van der Waals surface area (Å²) in [5.41, 5.74) is -0.287. The fraction of sp³-hybridized carbons (Fsp3) is 0.818. The molecule has 3 aliphatic rings. The third-order valence-corrected chi connectivity index (χ3v) is 6.33. The monoisotopic (exact) mass is 421 g/mol. The van der Waals surface area contributed by atoms with Crippen LogP contribution >= 0.6 is 0 Å². The van der Waals surface area contributed by atoms with E-state index in [0.29, 0.717) is 29.9 Å². The summed E-state index contributed by atoms with van der Waals surface area (Å²) in [5, 5.41) is 3.71. The molecule has 0 aromatic heterocycles. The quantitative estimate of drug-likeness (QED) is 0.661. The zero-order valence-electron chi connectivity index (χ0n) is 18.4. The Labute approximate surface area is 178 Å². The molecule has 168 valence electrons. The van der Waals surface area contributed by atoms with Gasteiger partial charge in [-0.3, -0.25) is 19.3 Å². The van der Waals surface area contributed by atoms with E-state index in [2.05, 4.69) is 10.2 Å². The Bertz CT molecular complexity index is 671. The van der Waals surface area contributed by atoms with Gasteiger partial charge in [0.2, 0.25) is 5.91 Å². The van der Waals surface area contributed by atoms with Gasteiger partial charge in [0, 0.05) is 31.3 Å². The van der Waals surface area contributed by atoms with E-state index in [1.807, 2.05) is 20.8 Å². The number of piperidine rings is 1. The minimum Gasteiger partial charge on any atom is -0.350 e. The average Bonchev–Trinajstić information content (AvgIpc) is 2.98. The molecular weight excluding hydrogens is 386 g/mol. The van der Waals surface area contributed by atoms with Gasteiger partial charge < -0.3 is 10.2 Å². The van der Waals surface area contributed by atoms with Crippen LogP contribution in [-0.4, -0.2) is 58.3 Å². The molecule has 0 aromatic rings. The lowest BCUT2D eigenvalue weighted by molar-refractivity contribution is -0.197. The van der Waals surface area contributed by atoms with Crippen molar-refractivity contribution in [3.63, 3.8) is 0 Å². The van der Waals surface area contributed by atoms with Gasteiger partial charge in [-0.1, -0.05) is 19.3 Å². The van der Waals surface area contributed by atoms with E-state index in [4.69, 9.17) is 4.84 Å². The Balaban J connectivity index is 1.55. The molecule has 2 saturated heterocycles. The number of imide groups is 1. The Morgan fingerprint density at radius 2 is 1.70 bits per heavy atom. The van der Waals surface area contributed by atoms with E-state index in [9.17, 15) is 19.2 Å². The van der Waals surface area contributed by atoms with Crippen molar-refractivity contribution in [2.45, 2.75) is 90.1 Å². The van der Waals surface area contributed by atoms with Crippen LogP contribution in [0.1, 0.15) is 78.6 Å². The second-order valence-electron chi connectivity index (χ2n) is 9.94. The van der Waals surface area contributed by atoms with E-state index < -0.39 is 17.8 Å². The van der Waals surface area contributed by atoms with Gasteiger partial charge in [-0.25, -0.2) is 4.79 Å². The second-order valence-corrected chi connectivity index (χ2v) is 9.94. The van der Waals surface area contributed by atoms with E-state index in [0.717, 1.165) is 13.0 Å². The minimum atomic E-state index is -0.582. The molecule has 8 heteroatoms. The predicted octanol–water partition coefficient (Wildman–Crippen LogP) is 2.17. The highest BCUT2D eigenvalue weighted by Gasteiger charge is 2.40. The molecule has 2 aliphatic heterocycles. The lowest BCUT2D eigenvalue weighted by atomic mass is 9.72. The molecule has 0 radical (unpaired) electrons. The summed E-state index contributed by atoms with van der Waals surface area (Å²) >= 11 is 0. The Morgan fingerprint density at radius 1 is 1.07 bits per heavy atom. The van der Waals surface area contributed by atoms with E-state index >= 15 is 0 Å². The van der Waals surface area contributed by atoms with Gasteiger partial charge in [-0.05, 0) is 58.4 Å². The zero-order chi connectivity index (χ0) is 21.9. The van der Waals surface area contributed by atoms with Crippen LogP contribution in [0.2, 0.25) is 0 Å². The molecule has 0 bridgehead atoms. The molecule has 1 aliphatic carbocycles. The van der Waals surface area contributed by atoms with Crippen molar-refractivity contribution in [3.05, 3.63) is 0 Å². The number of nitrogens with one attached hydrogen (secondary N) is 1. The van der Waals surface area contributed by atoms with Gasteiger partial charge in [0.15, 0.2) is 0 Å². The van der Waals surface area contributed by atoms with Gasteiger partial charge in [-0.2, -0.15) is 0 Å². The molecule has 0 spiro atoms. The minimum absolute atomic E-state index is 0.0577. The number of hydrogen-bond donors (Lipinski definition) is 1. The average molecular weight is 422 g/mol. The molecule has 0 aromatic carbocycles. The van der Waals surface area contributed by atoms with Crippen molar-refractivity contribution in [2.75, 3.05) is 13.1 Å². The highest BCUT2D eigenvalue weighted by molar-refractivity contribution is 6.01. The number of hydroxylamine groups is 2. The summed E-state index contributed by atoms with van der Waals surface area (Å²) in [6, 6.07) is -0.179. The Hall–Kier alpha value is -1.96. The topological polar surface area (TPSA) is 96.0 Å². The first-order valence-electron chi connectivity index (χ1n) is 11.3. The number of amides is 3. The lowest BCUT2D eigenvalue weighted by Crippen LogP contribution is -2.57. The lowest BCUT2D eigenvalue weighted by Gasteiger charge is -2.46. The fourth-order valence-electron chi connectivity index (χ4n) is 4.90. The second kappa shape index (κ2) is 9.45. The summed E-state index contributed by atoms with van der Waals surface area (Å²) in [6.07, 6.45) is 6.57. The number of carbonyl (C=O) groups excluding carboxylic acids is 4. The first kappa shape index (κ1) is 22.7. The van der Waals surface area contributed by atoms with E-state index in [-0.39, 0.29) is 36.8 Å². The third-order valence-electron chi connectivity index (χ3n) is 6.33. The molecule has 3 fully saturated rings. The maximum absolute atomic E-state index is 13.0. The maximum Gasteiger partial charge on any atom is 0.333 e. The van der Waals surface area contributed by atoms with Crippen LogP contribution < -0.4 is 5.32 Å². The van der Waals surface area contributed by atoms with Gasteiger partial charge >= 0.3 is 5.97 Å². The molecule has 2 unspecified atom stereocenters. The molecule has 30 heavy (non-hydrogen) atoms. The van der Waals surface area contributed by atoms with Crippen molar-refractivity contribution < 1.29 is 24.0 Å². The van der Waals surface area contributed by atoms with Gasteiger partial charge in [0.25, 0.3) is 11.8 Å². The van der Waals surface area contributed by atoms with Crippen LogP contribution in [0.15, 0.2) is 0 Å². The van der Waals surface area contributed by atoms with Crippen LogP contribution in [0.25, 0.3) is 0 Å². The Kier molecular flexibility index (Phi) is 7.16. The normalized spacial score (nSPS) is 27.7. The highest BCUT2D eigenvalue weighted by Crippen LogP contribution is 2.38. The number of fused-ring (bicyclic) bond motifs is 1. The number of rotatable bonds is 6. The molecule has 8 nitrogen and oxygen atoms in total. The predicted molar refractivity (Wildman–Crippen MR) is 110 cm³/mol. The third kappa shape index (κ3) is 5.80. The van der Waals surface area contributed by atoms with Crippen molar-refractivity contribution in [1.29, 1.82) is 0 Å². The number of likely N-dealkylation sites (tertiary alicyclic amines) is 1. The largest absolute Gasteiger partial charge is 0.350 e. The van der Waals surface area contributed by atoms with Crippen molar-refractivity contribution in [1.82, 2.24) is 15.3 Å². The smallest absolute Gasteiger partial charge is 0.333 e. The summed E-state index contributed by atoms with van der Waals surface area (Å²) in [7, 11) is 0. The molecule has 2 heterocycles. The van der Waals surface area contributed by atoms with Crippen LogP contribution in [0.3, 0.4) is 0 Å². The van der Waals surface area contributed by atoms with Gasteiger partial charge in [0.1, 0.15) is 0 Å². The molecular formula is C22H35N3O5. The van der Waals surface area contributed by atoms with Crippen LogP contribution in [-0.2, 0) is 24.0 Å². The molecule has 1 saturated carbocycles. The molecule has 3 amide bonds. The maximum atomic E-state index is 13.0. The standard InChI is InChI=1S/C22H35N3O5/c1-22(2,3)23-21(29)17-13-15-7-4-5-8-16(15)14-24(17)12-6-9-20(28)30-25-18(26)10-11-19(25)27/h15-17H,4-14H2,1-3H3,(H,23,29)/t15?,16?,17-/m0/s1. The van der Waals surface area contributed by atoms with Gasteiger partial charge in [-0.15, -0.1) is 5.06 Å². The molecule has 3 rings (SSSR count). The summed E-state index contributed by atoms with van der Waals surface area (Å²) in [4.78, 5) is 55.4. The summed E-state index contributed by atoms with van der Waals surface area (Å²) in [5.74, 6) is -0.241. The molecule has 1 N–H and O–H groups in total. The zero-order valence-corrected chi connectivity index (χ0v) is 18.4. The number of carbonyl (C=O) groups is 4. The van der Waals surface area contributed by atoms with Gasteiger partial charge in [0.05, 0.1) is 6.04 Å². The van der Waals surface area contributed by atoms with Crippen molar-refractivity contribution in [2.24, 2.45) is 11.8 Å². The first-order chi connectivity index (χ1) is 14.1. The first-order valence-corrected chi connectivity index (χ1v) is 11.3. The van der Waals surface area contributed by atoms with E-state index in [1.54, 1.807) is 0 Å². The van der Waals surface area contributed by atoms with Crippen LogP contribution in [0, 0.1) is 11.8 Å². The van der Waals surface area contributed by atoms with Crippen LogP contribution in [0.4, 0.5) is 0 Å². The van der Waals surface area contributed by atoms with E-state index in [1.165, 1.54) is 25.7 Å². The van der Waals surface area contributed by atoms with Crippen LogP contribution in [0.5, 0.6) is 0 Å². The summed E-state index contributed by atoms with van der Waals surface area (Å²) in [6.45, 7) is 7.45. The molecule has 3 atom stereocenters. The number of nitrogens with zero attached hydrogens (tertiary/aromatic N) is 2. The summed E-state index contributed by atoms with van der Waals surface area (Å²) < 4.78 is 0. The SMILES string of the molecule is CC(C)(C)NC(=O)[C@@H]1CC2CCCCC2CN1CCCC(=O)ON1C(=O)CCC1=O.